The number of nitrogens with zero attached hydrogens (tertiary/aromatic N) is 2. The molecule has 0 heterocycles. The molecule has 9 heteroatoms. The molecule has 0 saturated carbocycles. The van der Waals surface area contributed by atoms with Crippen molar-refractivity contribution in [3.8, 4) is 5.75 Å². The molecule has 6 nitrogen and oxygen atoms in total. The lowest BCUT2D eigenvalue weighted by Crippen LogP contribution is -2.55. The van der Waals surface area contributed by atoms with E-state index in [4.69, 9.17) is 4.74 Å². The normalized spacial score (nSPS) is 14.2. The number of anilines is 1. The van der Waals surface area contributed by atoms with Crippen LogP contribution in [-0.2, 0) is 4.79 Å². The lowest BCUT2D eigenvalue weighted by Gasteiger charge is -2.36. The summed E-state index contributed by atoms with van der Waals surface area (Å²) in [5.74, 6) is -2.40. The number of benzene rings is 2. The van der Waals surface area contributed by atoms with Gasteiger partial charge in [0.05, 0.1) is 13.0 Å². The second kappa shape index (κ2) is 12.4. The van der Waals surface area contributed by atoms with E-state index < -0.39 is 35.0 Å². The van der Waals surface area contributed by atoms with E-state index in [0.29, 0.717) is 35.5 Å². The van der Waals surface area contributed by atoms with Gasteiger partial charge in [0.1, 0.15) is 11.8 Å². The van der Waals surface area contributed by atoms with Gasteiger partial charge in [0.25, 0.3) is 0 Å². The number of carbonyl (C=O) groups is 1. The Bertz CT molecular complexity index is 920. The highest BCUT2D eigenvalue weighted by atomic mass is 19.4. The summed E-state index contributed by atoms with van der Waals surface area (Å²) in [5, 5.41) is 12.4. The van der Waals surface area contributed by atoms with E-state index in [2.05, 4.69) is 0 Å². The van der Waals surface area contributed by atoms with Crippen LogP contribution in [0.15, 0.2) is 54.6 Å². The summed E-state index contributed by atoms with van der Waals surface area (Å²) >= 11 is 0. The van der Waals surface area contributed by atoms with Crippen molar-refractivity contribution in [2.75, 3.05) is 12.0 Å². The summed E-state index contributed by atoms with van der Waals surface area (Å²) in [7, 11) is 1.41. The van der Waals surface area contributed by atoms with E-state index in [9.17, 15) is 28.1 Å². The summed E-state index contributed by atoms with van der Waals surface area (Å²) in [6, 6.07) is 11.5. The first-order valence-electron chi connectivity index (χ1n) is 11.4. The fourth-order valence-corrected chi connectivity index (χ4v) is 4.32. The van der Waals surface area contributed by atoms with E-state index in [0.717, 1.165) is 6.42 Å². The predicted molar refractivity (Wildman–Crippen MR) is 125 cm³/mol. The van der Waals surface area contributed by atoms with E-state index in [1.807, 2.05) is 6.92 Å². The number of alkyl halides is 3. The average molecular weight is 481 g/mol. The molecule has 0 unspecified atom stereocenters. The first-order valence-corrected chi connectivity index (χ1v) is 11.4. The molecule has 2 aromatic rings. The summed E-state index contributed by atoms with van der Waals surface area (Å²) in [6.45, 7) is 3.70. The van der Waals surface area contributed by atoms with Crippen LogP contribution in [0.1, 0.15) is 57.4 Å². The number of rotatable bonds is 12. The highest BCUT2D eigenvalue weighted by molar-refractivity contribution is 5.98. The maximum absolute atomic E-state index is 13.8. The summed E-state index contributed by atoms with van der Waals surface area (Å²) in [4.78, 5) is 25.2. The zero-order valence-electron chi connectivity index (χ0n) is 19.6. The fourth-order valence-electron chi connectivity index (χ4n) is 4.32. The molecular weight excluding hydrogens is 449 g/mol. The largest absolute Gasteiger partial charge is 0.497 e. The third kappa shape index (κ3) is 6.71. The first kappa shape index (κ1) is 27.1. The van der Waals surface area contributed by atoms with Gasteiger partial charge in [0, 0.05) is 10.6 Å². The molecule has 2 rings (SSSR count). The molecular formula is C25H31F3N2O4. The second-order valence-electron chi connectivity index (χ2n) is 8.14. The number of hydrogen-bond donors (Lipinski definition) is 0. The number of amides is 1. The number of methoxy groups -OCH3 is 1. The van der Waals surface area contributed by atoms with Crippen molar-refractivity contribution < 1.29 is 27.6 Å². The van der Waals surface area contributed by atoms with Gasteiger partial charge in [0.2, 0.25) is 6.04 Å². The first-order chi connectivity index (χ1) is 16.1. The molecule has 0 radical (unpaired) electrons. The van der Waals surface area contributed by atoms with Gasteiger partial charge in [-0.15, -0.1) is 0 Å². The van der Waals surface area contributed by atoms with Crippen molar-refractivity contribution in [1.82, 2.24) is 0 Å². The maximum Gasteiger partial charge on any atom is 0.471 e. The van der Waals surface area contributed by atoms with Gasteiger partial charge >= 0.3 is 12.1 Å². The average Bonchev–Trinajstić information content (AvgIpc) is 2.82. The van der Waals surface area contributed by atoms with Crippen LogP contribution in [0.2, 0.25) is 0 Å². The van der Waals surface area contributed by atoms with Gasteiger partial charge in [-0.1, -0.05) is 63.4 Å². The number of halogens is 3. The van der Waals surface area contributed by atoms with Crippen LogP contribution in [-0.4, -0.2) is 36.2 Å². The lowest BCUT2D eigenvalue weighted by molar-refractivity contribution is -0.530. The topological polar surface area (TPSA) is 72.7 Å². The van der Waals surface area contributed by atoms with Crippen LogP contribution in [0.5, 0.6) is 5.75 Å². The summed E-state index contributed by atoms with van der Waals surface area (Å²) in [5.41, 5.74) is 0.598. The minimum atomic E-state index is -5.20. The Hall–Kier alpha value is -3.10. The zero-order chi connectivity index (χ0) is 25.3. The van der Waals surface area contributed by atoms with E-state index in [1.165, 1.54) is 31.4 Å². The van der Waals surface area contributed by atoms with Crippen LogP contribution in [0.3, 0.4) is 0 Å². The van der Waals surface area contributed by atoms with Crippen molar-refractivity contribution in [2.45, 2.75) is 70.1 Å². The molecule has 0 N–H and O–H groups in total. The number of unbranched alkanes of at least 4 members (excludes halogenated alkanes) is 2. The molecule has 1 amide bonds. The standard InChI is InChI=1S/C25H31F3N2O4/c1-4-6-8-13-22(23(30(32)33)21(5-2)18-11-9-7-10-12-18)29(24(31)25(26,27)28)19-14-16-20(34-3)17-15-19/h7,9-12,14-17,21-23H,4-6,8,13H2,1-3H3/t21-,22-,23+/m1/s1. The van der Waals surface area contributed by atoms with Crippen molar-refractivity contribution in [3.63, 3.8) is 0 Å². The molecule has 0 aliphatic carbocycles. The van der Waals surface area contributed by atoms with Crippen LogP contribution in [0.25, 0.3) is 0 Å². The molecule has 0 saturated heterocycles. The van der Waals surface area contributed by atoms with Crippen LogP contribution < -0.4 is 9.64 Å². The second-order valence-corrected chi connectivity index (χ2v) is 8.14. The van der Waals surface area contributed by atoms with Crippen LogP contribution in [0, 0.1) is 10.1 Å². The fraction of sp³-hybridized carbons (Fsp3) is 0.480. The Labute approximate surface area is 197 Å². The smallest absolute Gasteiger partial charge is 0.471 e. The molecule has 186 valence electrons. The molecule has 0 aliphatic heterocycles. The Morgan fingerprint density at radius 3 is 2.15 bits per heavy atom. The predicted octanol–water partition coefficient (Wildman–Crippen LogP) is 6.38. The Balaban J connectivity index is 2.68. The molecule has 0 aliphatic rings. The van der Waals surface area contributed by atoms with Crippen LogP contribution >= 0.6 is 0 Å². The monoisotopic (exact) mass is 480 g/mol. The lowest BCUT2D eigenvalue weighted by atomic mass is 9.82. The molecule has 0 fully saturated rings. The summed E-state index contributed by atoms with van der Waals surface area (Å²) < 4.78 is 46.4. The van der Waals surface area contributed by atoms with Gasteiger partial charge in [-0.3, -0.25) is 19.8 Å². The van der Waals surface area contributed by atoms with Gasteiger partial charge in [-0.05, 0) is 42.7 Å². The maximum atomic E-state index is 13.8. The number of ether oxygens (including phenoxy) is 1. The third-order valence-electron chi connectivity index (χ3n) is 5.96. The highest BCUT2D eigenvalue weighted by Crippen LogP contribution is 2.36. The summed E-state index contributed by atoms with van der Waals surface area (Å²) in [6.07, 6.45) is -2.89. The molecule has 34 heavy (non-hydrogen) atoms. The van der Waals surface area contributed by atoms with Gasteiger partial charge in [-0.2, -0.15) is 13.2 Å². The molecule has 0 bridgehead atoms. The van der Waals surface area contributed by atoms with Crippen molar-refractivity contribution in [3.05, 3.63) is 70.3 Å². The Morgan fingerprint density at radius 1 is 1.06 bits per heavy atom. The van der Waals surface area contributed by atoms with E-state index in [-0.39, 0.29) is 12.1 Å². The molecule has 3 atom stereocenters. The van der Waals surface area contributed by atoms with Gasteiger partial charge in [0.15, 0.2) is 0 Å². The Kier molecular flexibility index (Phi) is 9.89. The van der Waals surface area contributed by atoms with Crippen LogP contribution in [0.4, 0.5) is 18.9 Å². The van der Waals surface area contributed by atoms with Crippen molar-refractivity contribution >= 4 is 11.6 Å². The zero-order valence-corrected chi connectivity index (χ0v) is 19.6. The van der Waals surface area contributed by atoms with Gasteiger partial charge in [-0.25, -0.2) is 0 Å². The minimum absolute atomic E-state index is 0.0561. The van der Waals surface area contributed by atoms with Gasteiger partial charge < -0.3 is 4.74 Å². The highest BCUT2D eigenvalue weighted by Gasteiger charge is 2.51. The molecule has 2 aromatic carbocycles. The Morgan fingerprint density at radius 2 is 1.68 bits per heavy atom. The molecule has 0 aromatic heterocycles. The third-order valence-corrected chi connectivity index (χ3v) is 5.96. The van der Waals surface area contributed by atoms with E-state index in [1.54, 1.807) is 37.3 Å². The number of hydrogen-bond acceptors (Lipinski definition) is 4. The van der Waals surface area contributed by atoms with Crippen molar-refractivity contribution in [2.24, 2.45) is 0 Å². The molecule has 0 spiro atoms. The van der Waals surface area contributed by atoms with E-state index >= 15 is 0 Å². The SMILES string of the molecule is CCCCC[C@H]([C@H]([C@H](CC)c1ccccc1)[N+](=O)[O-])N(C(=O)C(F)(F)F)c1ccc(OC)cc1. The number of carbonyl (C=O) groups excluding carboxylic acids is 1. The number of nitro groups is 1. The quantitative estimate of drug-likeness (QED) is 0.201. The minimum Gasteiger partial charge on any atom is -0.497 e. The van der Waals surface area contributed by atoms with Crippen molar-refractivity contribution in [1.29, 1.82) is 0 Å².